The van der Waals surface area contributed by atoms with Gasteiger partial charge in [-0.3, -0.25) is 0 Å². The van der Waals surface area contributed by atoms with Crippen LogP contribution in [0, 0.1) is 0 Å². The molecule has 8 heteroatoms. The van der Waals surface area contributed by atoms with E-state index in [1.54, 1.807) is 0 Å². The van der Waals surface area contributed by atoms with E-state index in [-0.39, 0.29) is 6.61 Å². The van der Waals surface area contributed by atoms with Crippen LogP contribution in [0.25, 0.3) is 0 Å². The summed E-state index contributed by atoms with van der Waals surface area (Å²) in [4.78, 5) is 21.8. The fourth-order valence-electron chi connectivity index (χ4n) is 1.66. The van der Waals surface area contributed by atoms with Crippen LogP contribution in [0.1, 0.15) is 19.3 Å². The summed E-state index contributed by atoms with van der Waals surface area (Å²) in [6.07, 6.45) is 4.20. The highest BCUT2D eigenvalue weighted by Crippen LogP contribution is 2.17. The van der Waals surface area contributed by atoms with E-state index in [4.69, 9.17) is 22.8 Å². The van der Waals surface area contributed by atoms with Gasteiger partial charge in [-0.2, -0.15) is 0 Å². The summed E-state index contributed by atoms with van der Waals surface area (Å²) in [5, 5.41) is 0. The van der Waals surface area contributed by atoms with E-state index in [9.17, 15) is 9.59 Å². The summed E-state index contributed by atoms with van der Waals surface area (Å²) in [6.45, 7) is 7.66. The quantitative estimate of drug-likeness (QED) is 0.205. The molecule has 23 heavy (non-hydrogen) atoms. The monoisotopic (exact) mass is 346 g/mol. The molecule has 0 bridgehead atoms. The maximum atomic E-state index is 11.0. The van der Waals surface area contributed by atoms with Gasteiger partial charge in [0, 0.05) is 39.0 Å². The van der Waals surface area contributed by atoms with Gasteiger partial charge in [-0.05, 0) is 19.3 Å². The Bertz CT molecular complexity index is 380. The number of esters is 2. The second-order valence-electron chi connectivity index (χ2n) is 4.49. The third-order valence-electron chi connectivity index (χ3n) is 2.93. The molecule has 0 fully saturated rings. The zero-order chi connectivity index (χ0) is 17.6. The molecule has 0 aliphatic rings. The van der Waals surface area contributed by atoms with E-state index in [1.165, 1.54) is 14.2 Å². The zero-order valence-corrected chi connectivity index (χ0v) is 14.9. The van der Waals surface area contributed by atoms with E-state index >= 15 is 0 Å². The molecule has 132 valence electrons. The Kier molecular flexibility index (Phi) is 12.2. The van der Waals surface area contributed by atoms with Crippen LogP contribution in [0.4, 0.5) is 0 Å². The summed E-state index contributed by atoms with van der Waals surface area (Å²) in [5.41, 5.74) is 0. The van der Waals surface area contributed by atoms with Crippen LogP contribution in [0.15, 0.2) is 25.3 Å². The summed E-state index contributed by atoms with van der Waals surface area (Å²) in [6, 6.07) is 0.538. The predicted octanol–water partition coefficient (Wildman–Crippen LogP) is 1.86. The zero-order valence-electron chi connectivity index (χ0n) is 13.9. The van der Waals surface area contributed by atoms with Gasteiger partial charge in [0.2, 0.25) is 0 Å². The lowest BCUT2D eigenvalue weighted by molar-refractivity contribution is -0.138. The van der Waals surface area contributed by atoms with Crippen LogP contribution in [0.3, 0.4) is 0 Å². The number of hydrogen-bond acceptors (Lipinski definition) is 7. The van der Waals surface area contributed by atoms with E-state index < -0.39 is 20.7 Å². The minimum absolute atomic E-state index is 0.257. The van der Waals surface area contributed by atoms with Crippen LogP contribution in [-0.4, -0.2) is 54.8 Å². The number of carbonyl (C=O) groups excluding carboxylic acids is 2. The lowest BCUT2D eigenvalue weighted by Crippen LogP contribution is -2.44. The minimum Gasteiger partial charge on any atom is -0.463 e. The van der Waals surface area contributed by atoms with Crippen molar-refractivity contribution in [3.63, 3.8) is 0 Å². The molecule has 0 aromatic heterocycles. The van der Waals surface area contributed by atoms with Crippen molar-refractivity contribution in [1.82, 2.24) is 0 Å². The fraction of sp³-hybridized carbons (Fsp3) is 0.600. The van der Waals surface area contributed by atoms with Gasteiger partial charge >= 0.3 is 20.7 Å². The second kappa shape index (κ2) is 13.0. The Labute approximate surface area is 138 Å². The molecule has 0 saturated heterocycles. The van der Waals surface area contributed by atoms with E-state index in [2.05, 4.69) is 13.2 Å². The standard InChI is InChI=1S/C15H26O7Si/c1-5-14(16)20-10-7-8-12-22-23(18-3,19-4)13-9-11-21-15(17)6-2/h5-6H,1-2,7-13H2,3-4H3. The lowest BCUT2D eigenvalue weighted by Gasteiger charge is -2.26. The molecule has 0 aliphatic heterocycles. The normalized spacial score (nSPS) is 10.9. The number of carbonyl (C=O) groups is 2. The SMILES string of the molecule is C=CC(=O)OCCCCO[Si](CCCOC(=O)C=C)(OC)OC. The van der Waals surface area contributed by atoms with Crippen LogP contribution in [0.2, 0.25) is 6.04 Å². The Morgan fingerprint density at radius 3 is 1.83 bits per heavy atom. The Balaban J connectivity index is 3.98. The van der Waals surface area contributed by atoms with Gasteiger partial charge in [0.1, 0.15) is 0 Å². The second-order valence-corrected chi connectivity index (χ2v) is 7.46. The van der Waals surface area contributed by atoms with Crippen molar-refractivity contribution in [3.8, 4) is 0 Å². The van der Waals surface area contributed by atoms with Gasteiger partial charge in [0.25, 0.3) is 0 Å². The molecule has 0 aliphatic carbocycles. The minimum atomic E-state index is -2.76. The van der Waals surface area contributed by atoms with Gasteiger partial charge in [0.15, 0.2) is 0 Å². The van der Waals surface area contributed by atoms with Crippen molar-refractivity contribution >= 4 is 20.7 Å². The van der Waals surface area contributed by atoms with Crippen LogP contribution < -0.4 is 0 Å². The Morgan fingerprint density at radius 2 is 1.35 bits per heavy atom. The smallest absolute Gasteiger partial charge is 0.463 e. The van der Waals surface area contributed by atoms with Crippen molar-refractivity contribution in [2.75, 3.05) is 34.0 Å². The number of unbranched alkanes of at least 4 members (excludes halogenated alkanes) is 1. The fourth-order valence-corrected chi connectivity index (χ4v) is 3.65. The first-order chi connectivity index (χ1) is 11.0. The molecule has 0 spiro atoms. The first kappa shape index (κ1) is 21.5. The summed E-state index contributed by atoms with van der Waals surface area (Å²) in [7, 11) is 0.322. The third-order valence-corrected chi connectivity index (χ3v) is 5.79. The average Bonchev–Trinajstić information content (AvgIpc) is 2.59. The van der Waals surface area contributed by atoms with Crippen LogP contribution in [0.5, 0.6) is 0 Å². The molecule has 0 N–H and O–H groups in total. The molecule has 0 saturated carbocycles. The molecular formula is C15H26O7Si. The van der Waals surface area contributed by atoms with Gasteiger partial charge in [-0.25, -0.2) is 9.59 Å². The van der Waals surface area contributed by atoms with Crippen LogP contribution >= 0.6 is 0 Å². The van der Waals surface area contributed by atoms with Gasteiger partial charge in [0.05, 0.1) is 13.2 Å². The molecular weight excluding hydrogens is 320 g/mol. The molecule has 0 heterocycles. The summed E-state index contributed by atoms with van der Waals surface area (Å²) < 4.78 is 26.4. The van der Waals surface area contributed by atoms with E-state index in [0.717, 1.165) is 12.2 Å². The molecule has 0 aromatic carbocycles. The highest BCUT2D eigenvalue weighted by Gasteiger charge is 2.38. The maximum absolute atomic E-state index is 11.0. The lowest BCUT2D eigenvalue weighted by atomic mass is 10.3. The number of rotatable bonds is 14. The first-order valence-corrected chi connectivity index (χ1v) is 9.29. The Hall–Kier alpha value is -1.48. The topological polar surface area (TPSA) is 80.3 Å². The van der Waals surface area contributed by atoms with Gasteiger partial charge < -0.3 is 22.8 Å². The molecule has 0 rings (SSSR count). The predicted molar refractivity (Wildman–Crippen MR) is 86.7 cm³/mol. The first-order valence-electron chi connectivity index (χ1n) is 7.36. The molecule has 0 unspecified atom stereocenters. The van der Waals surface area contributed by atoms with Crippen LogP contribution in [-0.2, 0) is 32.3 Å². The molecule has 7 nitrogen and oxygen atoms in total. The molecule has 0 atom stereocenters. The maximum Gasteiger partial charge on any atom is 0.500 e. The van der Waals surface area contributed by atoms with E-state index in [0.29, 0.717) is 38.5 Å². The van der Waals surface area contributed by atoms with Gasteiger partial charge in [-0.1, -0.05) is 13.2 Å². The third kappa shape index (κ3) is 10.0. The average molecular weight is 346 g/mol. The van der Waals surface area contributed by atoms with Crippen molar-refractivity contribution in [2.45, 2.75) is 25.3 Å². The molecule has 0 radical (unpaired) electrons. The molecule has 0 amide bonds. The number of ether oxygens (including phenoxy) is 2. The number of hydrogen-bond donors (Lipinski definition) is 0. The van der Waals surface area contributed by atoms with Crippen molar-refractivity contribution in [2.24, 2.45) is 0 Å². The largest absolute Gasteiger partial charge is 0.500 e. The van der Waals surface area contributed by atoms with E-state index in [1.807, 2.05) is 0 Å². The van der Waals surface area contributed by atoms with Crippen molar-refractivity contribution < 1.29 is 32.3 Å². The van der Waals surface area contributed by atoms with Gasteiger partial charge in [-0.15, -0.1) is 0 Å². The molecule has 0 aromatic rings. The summed E-state index contributed by atoms with van der Waals surface area (Å²) in [5.74, 6) is -0.889. The highest BCUT2D eigenvalue weighted by atomic mass is 28.4. The van der Waals surface area contributed by atoms with Crippen molar-refractivity contribution in [3.05, 3.63) is 25.3 Å². The highest BCUT2D eigenvalue weighted by molar-refractivity contribution is 6.60. The van der Waals surface area contributed by atoms with Crippen molar-refractivity contribution in [1.29, 1.82) is 0 Å². The Morgan fingerprint density at radius 1 is 0.870 bits per heavy atom. The summed E-state index contributed by atoms with van der Waals surface area (Å²) >= 11 is 0.